The highest BCUT2D eigenvalue weighted by molar-refractivity contribution is 5.18. The van der Waals surface area contributed by atoms with Crippen molar-refractivity contribution in [3.8, 4) is 0 Å². The fourth-order valence-electron chi connectivity index (χ4n) is 2.24. The maximum atomic E-state index is 13.0. The van der Waals surface area contributed by atoms with Crippen molar-refractivity contribution in [1.29, 1.82) is 0 Å². The van der Waals surface area contributed by atoms with E-state index in [1.54, 1.807) is 4.90 Å². The van der Waals surface area contributed by atoms with Gasteiger partial charge in [-0.05, 0) is 24.1 Å². The minimum atomic E-state index is -1.13. The number of hydrogen-bond donors (Lipinski definition) is 3. The number of rotatable bonds is 3. The van der Waals surface area contributed by atoms with E-state index in [0.29, 0.717) is 18.5 Å². The van der Waals surface area contributed by atoms with E-state index in [4.69, 9.17) is 0 Å². The lowest BCUT2D eigenvalue weighted by molar-refractivity contribution is -0.109. The minimum Gasteiger partial charge on any atom is -0.389 e. The Morgan fingerprint density at radius 2 is 1.68 bits per heavy atom. The highest BCUT2D eigenvalue weighted by Gasteiger charge is 2.32. The molecule has 2 rings (SSSR count). The normalized spacial score (nSPS) is 28.6. The zero-order valence-corrected chi connectivity index (χ0v) is 10.3. The summed E-state index contributed by atoms with van der Waals surface area (Å²) in [4.78, 5) is 1.78. The molecule has 0 amide bonds. The van der Waals surface area contributed by atoms with E-state index >= 15 is 0 Å². The van der Waals surface area contributed by atoms with Crippen molar-refractivity contribution >= 4 is 0 Å². The van der Waals surface area contributed by atoms with Crippen LogP contribution >= 0.6 is 0 Å². The predicted molar refractivity (Wildman–Crippen MR) is 64.5 cm³/mol. The molecule has 1 aliphatic heterocycles. The van der Waals surface area contributed by atoms with Gasteiger partial charge in [0.2, 0.25) is 0 Å². The van der Waals surface area contributed by atoms with Gasteiger partial charge in [-0.1, -0.05) is 6.07 Å². The van der Waals surface area contributed by atoms with Crippen LogP contribution in [0, 0.1) is 11.6 Å². The van der Waals surface area contributed by atoms with Gasteiger partial charge in [0.25, 0.3) is 0 Å². The molecule has 1 aliphatic rings. The van der Waals surface area contributed by atoms with Gasteiger partial charge in [0.05, 0.1) is 12.2 Å². The average molecular weight is 273 g/mol. The van der Waals surface area contributed by atoms with Crippen LogP contribution in [-0.2, 0) is 6.42 Å². The van der Waals surface area contributed by atoms with Crippen molar-refractivity contribution in [2.24, 2.45) is 0 Å². The lowest BCUT2D eigenvalue weighted by Gasteiger charge is -2.36. The maximum Gasteiger partial charge on any atom is 0.159 e. The summed E-state index contributed by atoms with van der Waals surface area (Å²) in [6.45, 7) is 0.996. The smallest absolute Gasteiger partial charge is 0.159 e. The Labute approximate surface area is 109 Å². The number of piperidine rings is 1. The predicted octanol–water partition coefficient (Wildman–Crippen LogP) is -0.0944. The molecule has 3 N–H and O–H groups in total. The highest BCUT2D eigenvalue weighted by Crippen LogP contribution is 2.14. The van der Waals surface area contributed by atoms with E-state index in [1.807, 2.05) is 0 Å². The van der Waals surface area contributed by atoms with Crippen LogP contribution in [-0.4, -0.2) is 58.2 Å². The molecule has 1 fully saturated rings. The first kappa shape index (κ1) is 14.3. The monoisotopic (exact) mass is 273 g/mol. The first-order valence-electron chi connectivity index (χ1n) is 6.18. The van der Waals surface area contributed by atoms with Crippen LogP contribution in [0.4, 0.5) is 8.78 Å². The highest BCUT2D eigenvalue weighted by atomic mass is 19.2. The van der Waals surface area contributed by atoms with E-state index in [9.17, 15) is 24.1 Å². The Morgan fingerprint density at radius 1 is 1.05 bits per heavy atom. The van der Waals surface area contributed by atoms with Crippen molar-refractivity contribution in [2.75, 3.05) is 19.6 Å². The average Bonchev–Trinajstić information content (AvgIpc) is 2.37. The van der Waals surface area contributed by atoms with Crippen LogP contribution in [0.3, 0.4) is 0 Å². The molecule has 106 valence electrons. The minimum absolute atomic E-state index is 0.252. The number of likely N-dealkylation sites (tertiary alicyclic amines) is 1. The van der Waals surface area contributed by atoms with Gasteiger partial charge in [0, 0.05) is 19.6 Å². The summed E-state index contributed by atoms with van der Waals surface area (Å²) in [6.07, 6.45) is -2.63. The molecule has 0 saturated carbocycles. The second kappa shape index (κ2) is 5.92. The third-order valence-corrected chi connectivity index (χ3v) is 3.38. The van der Waals surface area contributed by atoms with Gasteiger partial charge >= 0.3 is 0 Å². The molecule has 0 spiro atoms. The van der Waals surface area contributed by atoms with E-state index in [1.165, 1.54) is 6.07 Å². The summed E-state index contributed by atoms with van der Waals surface area (Å²) < 4.78 is 25.8. The van der Waals surface area contributed by atoms with Crippen molar-refractivity contribution < 1.29 is 24.1 Å². The molecule has 4 nitrogen and oxygen atoms in total. The first-order valence-corrected chi connectivity index (χ1v) is 6.18. The van der Waals surface area contributed by atoms with Crippen molar-refractivity contribution in [3.05, 3.63) is 35.4 Å². The third kappa shape index (κ3) is 3.48. The summed E-state index contributed by atoms with van der Waals surface area (Å²) in [5.74, 6) is -1.76. The van der Waals surface area contributed by atoms with Crippen molar-refractivity contribution in [2.45, 2.75) is 24.7 Å². The molecule has 1 heterocycles. The fraction of sp³-hybridized carbons (Fsp3) is 0.538. The van der Waals surface area contributed by atoms with Crippen LogP contribution in [0.1, 0.15) is 5.56 Å². The van der Waals surface area contributed by atoms with Gasteiger partial charge in [0.15, 0.2) is 11.6 Å². The Balaban J connectivity index is 1.90. The number of aliphatic hydroxyl groups is 3. The van der Waals surface area contributed by atoms with Gasteiger partial charge in [-0.2, -0.15) is 0 Å². The molecule has 1 aromatic rings. The molecule has 1 saturated heterocycles. The maximum absolute atomic E-state index is 13.0. The van der Waals surface area contributed by atoms with Crippen LogP contribution in [0.5, 0.6) is 0 Å². The van der Waals surface area contributed by atoms with Crippen LogP contribution in [0.25, 0.3) is 0 Å². The molecule has 0 aromatic heterocycles. The molecule has 3 atom stereocenters. The van der Waals surface area contributed by atoms with Crippen molar-refractivity contribution in [1.82, 2.24) is 4.90 Å². The molecular weight excluding hydrogens is 256 g/mol. The van der Waals surface area contributed by atoms with E-state index in [0.717, 1.165) is 12.1 Å². The molecule has 1 aromatic carbocycles. The third-order valence-electron chi connectivity index (χ3n) is 3.38. The zero-order valence-electron chi connectivity index (χ0n) is 10.3. The standard InChI is InChI=1S/C13H17F2NO3/c14-9-2-1-8(5-10(9)15)3-4-16-6-11(17)13(19)12(18)7-16/h1-2,5,11-13,17-19H,3-4,6-7H2/t11-,12+,13+. The number of aliphatic hydroxyl groups excluding tert-OH is 3. The van der Waals surface area contributed by atoms with Crippen molar-refractivity contribution in [3.63, 3.8) is 0 Å². The number of benzene rings is 1. The zero-order chi connectivity index (χ0) is 14.0. The van der Waals surface area contributed by atoms with Crippen LogP contribution < -0.4 is 0 Å². The van der Waals surface area contributed by atoms with Gasteiger partial charge in [0.1, 0.15) is 6.10 Å². The fourth-order valence-corrected chi connectivity index (χ4v) is 2.24. The largest absolute Gasteiger partial charge is 0.389 e. The number of nitrogens with zero attached hydrogens (tertiary/aromatic N) is 1. The summed E-state index contributed by atoms with van der Waals surface area (Å²) >= 11 is 0. The molecule has 0 radical (unpaired) electrons. The van der Waals surface area contributed by atoms with Gasteiger partial charge in [-0.25, -0.2) is 8.78 Å². The topological polar surface area (TPSA) is 63.9 Å². The Kier molecular flexibility index (Phi) is 4.46. The molecule has 0 bridgehead atoms. The lowest BCUT2D eigenvalue weighted by Crippen LogP contribution is -2.55. The summed E-state index contributed by atoms with van der Waals surface area (Å²) in [6, 6.07) is 3.72. The molecule has 19 heavy (non-hydrogen) atoms. The number of halogens is 2. The van der Waals surface area contributed by atoms with E-state index in [-0.39, 0.29) is 13.1 Å². The Hall–Kier alpha value is -1.08. The van der Waals surface area contributed by atoms with Gasteiger partial charge < -0.3 is 15.3 Å². The number of β-amino-alcohol motifs (C(OH)–C–C–N with tert-alkyl or cyclic N) is 2. The van der Waals surface area contributed by atoms with Crippen LogP contribution in [0.15, 0.2) is 18.2 Å². The molecule has 6 heteroatoms. The summed E-state index contributed by atoms with van der Waals surface area (Å²) in [7, 11) is 0. The summed E-state index contributed by atoms with van der Waals surface area (Å²) in [5.41, 5.74) is 0.647. The SMILES string of the molecule is O[C@H]1[C@H](O)CN(CCc2ccc(F)c(F)c2)C[C@@H]1O. The van der Waals surface area contributed by atoms with Gasteiger partial charge in [-0.15, -0.1) is 0 Å². The molecule has 0 unspecified atom stereocenters. The summed E-state index contributed by atoms with van der Waals surface area (Å²) in [5, 5.41) is 28.5. The second-order valence-corrected chi connectivity index (χ2v) is 4.88. The van der Waals surface area contributed by atoms with Gasteiger partial charge in [-0.3, -0.25) is 4.90 Å². The van der Waals surface area contributed by atoms with Crippen LogP contribution in [0.2, 0.25) is 0 Å². The lowest BCUT2D eigenvalue weighted by atomic mass is 10.0. The number of hydrogen-bond acceptors (Lipinski definition) is 4. The molecular formula is C13H17F2NO3. The second-order valence-electron chi connectivity index (χ2n) is 4.88. The molecule has 0 aliphatic carbocycles. The van der Waals surface area contributed by atoms with E-state index < -0.39 is 29.9 Å². The first-order chi connectivity index (χ1) is 8.97. The quantitative estimate of drug-likeness (QED) is 0.720. The Bertz CT molecular complexity index is 432. The van der Waals surface area contributed by atoms with E-state index in [2.05, 4.69) is 0 Å². The Morgan fingerprint density at radius 3 is 2.26 bits per heavy atom.